The van der Waals surface area contributed by atoms with Crippen molar-refractivity contribution in [1.82, 2.24) is 5.32 Å². The molecule has 0 heterocycles. The first-order valence-corrected chi connectivity index (χ1v) is 7.00. The summed E-state index contributed by atoms with van der Waals surface area (Å²) < 4.78 is 0. The minimum absolute atomic E-state index is 0.490. The van der Waals surface area contributed by atoms with Crippen molar-refractivity contribution in [3.05, 3.63) is 0 Å². The number of rotatable bonds is 2. The van der Waals surface area contributed by atoms with E-state index in [9.17, 15) is 0 Å². The number of aliphatic imine (C=N–C) groups is 1. The van der Waals surface area contributed by atoms with E-state index in [0.29, 0.717) is 17.4 Å². The minimum atomic E-state index is 0.490. The number of nitrogens with one attached hydrogen (secondary N) is 1. The van der Waals surface area contributed by atoms with Crippen molar-refractivity contribution in [1.29, 1.82) is 0 Å². The molecule has 100 valence electrons. The second-order valence-corrected chi connectivity index (χ2v) is 6.61. The Kier molecular flexibility index (Phi) is 5.18. The lowest BCUT2D eigenvalue weighted by Gasteiger charge is -2.38. The lowest BCUT2D eigenvalue weighted by atomic mass is 9.71. The number of hydrogen-bond donors (Lipinski definition) is 1. The summed E-state index contributed by atoms with van der Waals surface area (Å²) in [7, 11) is 4.02. The van der Waals surface area contributed by atoms with Crippen molar-refractivity contribution in [2.45, 2.75) is 59.4 Å². The normalized spacial score (nSPS) is 35.2. The smallest absolute Gasteiger partial charge is 0.0276 e. The maximum atomic E-state index is 4.43. The van der Waals surface area contributed by atoms with E-state index < -0.39 is 0 Å². The SMILES string of the molecule is C/N=C(/C)C1CCC(C)(C)CC(C)CC1NC. The highest BCUT2D eigenvalue weighted by molar-refractivity contribution is 5.84. The molecule has 1 N–H and O–H groups in total. The van der Waals surface area contributed by atoms with Crippen LogP contribution in [-0.2, 0) is 0 Å². The Hall–Kier alpha value is -0.370. The van der Waals surface area contributed by atoms with Gasteiger partial charge in [0.05, 0.1) is 0 Å². The first-order chi connectivity index (χ1) is 7.89. The van der Waals surface area contributed by atoms with Crippen molar-refractivity contribution >= 4 is 5.71 Å². The molecular weight excluding hydrogens is 208 g/mol. The summed E-state index contributed by atoms with van der Waals surface area (Å²) >= 11 is 0. The first-order valence-electron chi connectivity index (χ1n) is 7.00. The highest BCUT2D eigenvalue weighted by atomic mass is 14.9. The molecule has 3 atom stereocenters. The molecule has 2 heteroatoms. The lowest BCUT2D eigenvalue weighted by molar-refractivity contribution is 0.185. The first kappa shape index (κ1) is 14.7. The molecular formula is C15H30N2. The van der Waals surface area contributed by atoms with E-state index in [0.717, 1.165) is 5.92 Å². The topological polar surface area (TPSA) is 24.4 Å². The lowest BCUT2D eigenvalue weighted by Crippen LogP contribution is -2.41. The van der Waals surface area contributed by atoms with Crippen molar-refractivity contribution in [2.24, 2.45) is 22.2 Å². The predicted molar refractivity (Wildman–Crippen MR) is 76.8 cm³/mol. The average Bonchev–Trinajstić information content (AvgIpc) is 2.24. The molecule has 17 heavy (non-hydrogen) atoms. The molecule has 0 spiro atoms. The van der Waals surface area contributed by atoms with Gasteiger partial charge in [0.15, 0.2) is 0 Å². The molecule has 0 bridgehead atoms. The Morgan fingerprint density at radius 3 is 2.53 bits per heavy atom. The van der Waals surface area contributed by atoms with E-state index in [1.54, 1.807) is 0 Å². The van der Waals surface area contributed by atoms with Crippen LogP contribution in [0.15, 0.2) is 4.99 Å². The van der Waals surface area contributed by atoms with Crippen LogP contribution >= 0.6 is 0 Å². The third-order valence-electron chi connectivity index (χ3n) is 4.44. The zero-order chi connectivity index (χ0) is 13.1. The van der Waals surface area contributed by atoms with Gasteiger partial charge in [-0.05, 0) is 51.0 Å². The van der Waals surface area contributed by atoms with Crippen LogP contribution in [0.25, 0.3) is 0 Å². The molecule has 1 rings (SSSR count). The minimum Gasteiger partial charge on any atom is -0.316 e. The fourth-order valence-corrected chi connectivity index (χ4v) is 3.46. The Morgan fingerprint density at radius 2 is 2.00 bits per heavy atom. The quantitative estimate of drug-likeness (QED) is 0.731. The fourth-order valence-electron chi connectivity index (χ4n) is 3.46. The zero-order valence-electron chi connectivity index (χ0n) is 12.5. The van der Waals surface area contributed by atoms with Crippen LogP contribution in [0.1, 0.15) is 53.4 Å². The second kappa shape index (κ2) is 5.99. The molecule has 2 nitrogen and oxygen atoms in total. The van der Waals surface area contributed by atoms with Gasteiger partial charge in [-0.2, -0.15) is 0 Å². The Bertz CT molecular complexity index is 268. The Labute approximate surface area is 107 Å². The van der Waals surface area contributed by atoms with Crippen molar-refractivity contribution in [2.75, 3.05) is 14.1 Å². The predicted octanol–water partition coefficient (Wildman–Crippen LogP) is 3.52. The summed E-state index contributed by atoms with van der Waals surface area (Å²) in [4.78, 5) is 4.43. The van der Waals surface area contributed by atoms with Crippen LogP contribution in [0, 0.1) is 17.3 Å². The number of nitrogens with zero attached hydrogens (tertiary/aromatic N) is 1. The van der Waals surface area contributed by atoms with Gasteiger partial charge in [-0.25, -0.2) is 0 Å². The average molecular weight is 238 g/mol. The van der Waals surface area contributed by atoms with Gasteiger partial charge >= 0.3 is 0 Å². The van der Waals surface area contributed by atoms with Gasteiger partial charge in [0.25, 0.3) is 0 Å². The number of hydrogen-bond acceptors (Lipinski definition) is 2. The zero-order valence-corrected chi connectivity index (χ0v) is 12.5. The summed E-state index contributed by atoms with van der Waals surface area (Å²) in [5, 5.41) is 3.51. The fraction of sp³-hybridized carbons (Fsp3) is 0.933. The van der Waals surface area contributed by atoms with E-state index in [1.807, 2.05) is 7.05 Å². The maximum Gasteiger partial charge on any atom is 0.0276 e. The largest absolute Gasteiger partial charge is 0.316 e. The van der Waals surface area contributed by atoms with Crippen LogP contribution in [0.2, 0.25) is 0 Å². The molecule has 0 radical (unpaired) electrons. The molecule has 0 aromatic carbocycles. The summed E-state index contributed by atoms with van der Waals surface area (Å²) in [6.07, 6.45) is 5.21. The van der Waals surface area contributed by atoms with E-state index in [1.165, 1.54) is 31.4 Å². The maximum absolute atomic E-state index is 4.43. The molecule has 1 aliphatic carbocycles. The summed E-state index contributed by atoms with van der Waals surface area (Å²) in [6, 6.07) is 0.602. The van der Waals surface area contributed by atoms with Gasteiger partial charge in [0, 0.05) is 24.7 Å². The summed E-state index contributed by atoms with van der Waals surface area (Å²) in [5.41, 5.74) is 1.80. The molecule has 0 aliphatic heterocycles. The molecule has 0 aromatic rings. The van der Waals surface area contributed by atoms with Crippen molar-refractivity contribution < 1.29 is 0 Å². The monoisotopic (exact) mass is 238 g/mol. The van der Waals surface area contributed by atoms with Gasteiger partial charge in [-0.15, -0.1) is 0 Å². The van der Waals surface area contributed by atoms with E-state index >= 15 is 0 Å². The molecule has 3 unspecified atom stereocenters. The Balaban J connectivity index is 2.85. The third-order valence-corrected chi connectivity index (χ3v) is 4.44. The van der Waals surface area contributed by atoms with Gasteiger partial charge in [0.2, 0.25) is 0 Å². The van der Waals surface area contributed by atoms with E-state index in [-0.39, 0.29) is 0 Å². The molecule has 0 amide bonds. The molecule has 1 fully saturated rings. The molecule has 0 aromatic heterocycles. The van der Waals surface area contributed by atoms with Crippen LogP contribution in [-0.4, -0.2) is 25.8 Å². The van der Waals surface area contributed by atoms with Crippen LogP contribution < -0.4 is 5.32 Å². The van der Waals surface area contributed by atoms with Gasteiger partial charge in [0.1, 0.15) is 0 Å². The van der Waals surface area contributed by atoms with Gasteiger partial charge in [-0.1, -0.05) is 20.8 Å². The van der Waals surface area contributed by atoms with Crippen molar-refractivity contribution in [3.63, 3.8) is 0 Å². The molecule has 0 saturated heterocycles. The van der Waals surface area contributed by atoms with E-state index in [4.69, 9.17) is 0 Å². The highest BCUT2D eigenvalue weighted by Gasteiger charge is 2.32. The second-order valence-electron chi connectivity index (χ2n) is 6.61. The standard InChI is InChI=1S/C15H30N2/c1-11-9-14(17-6)13(12(2)16-5)7-8-15(3,4)10-11/h11,13-14,17H,7-10H2,1-6H3/b16-12-. The summed E-state index contributed by atoms with van der Waals surface area (Å²) in [6.45, 7) is 9.42. The van der Waals surface area contributed by atoms with Gasteiger partial charge < -0.3 is 5.32 Å². The molecule has 1 aliphatic rings. The Morgan fingerprint density at radius 1 is 1.35 bits per heavy atom. The highest BCUT2D eigenvalue weighted by Crippen LogP contribution is 2.38. The summed E-state index contributed by atoms with van der Waals surface area (Å²) in [5.74, 6) is 1.42. The third kappa shape index (κ3) is 4.09. The van der Waals surface area contributed by atoms with Crippen molar-refractivity contribution in [3.8, 4) is 0 Å². The molecule has 1 saturated carbocycles. The van der Waals surface area contributed by atoms with E-state index in [2.05, 4.69) is 45.1 Å². The van der Waals surface area contributed by atoms with Crippen LogP contribution in [0.5, 0.6) is 0 Å². The van der Waals surface area contributed by atoms with Crippen LogP contribution in [0.4, 0.5) is 0 Å². The van der Waals surface area contributed by atoms with Crippen LogP contribution in [0.3, 0.4) is 0 Å². The van der Waals surface area contributed by atoms with Gasteiger partial charge in [-0.3, -0.25) is 4.99 Å².